The maximum absolute atomic E-state index is 12.1. The molecule has 1 aliphatic heterocycles. The summed E-state index contributed by atoms with van der Waals surface area (Å²) in [6.07, 6.45) is 0. The molecule has 1 aromatic carbocycles. The van der Waals surface area contributed by atoms with E-state index in [9.17, 15) is 4.79 Å². The van der Waals surface area contributed by atoms with Gasteiger partial charge in [0.1, 0.15) is 17.6 Å². The quantitative estimate of drug-likeness (QED) is 0.903. The highest BCUT2D eigenvalue weighted by Gasteiger charge is 2.16. The molecule has 0 saturated heterocycles. The van der Waals surface area contributed by atoms with Crippen molar-refractivity contribution in [2.24, 2.45) is 0 Å². The first-order valence-corrected chi connectivity index (χ1v) is 7.36. The Kier molecular flexibility index (Phi) is 3.74. The van der Waals surface area contributed by atoms with Crippen molar-refractivity contribution in [3.8, 4) is 11.5 Å². The minimum Gasteiger partial charge on any atom is -0.486 e. The Morgan fingerprint density at radius 1 is 1.15 bits per heavy atom. The van der Waals surface area contributed by atoms with Gasteiger partial charge in [-0.3, -0.25) is 4.79 Å². The number of amides is 1. The molecule has 1 aromatic heterocycles. The second-order valence-corrected chi connectivity index (χ2v) is 6.34. The monoisotopic (exact) mass is 329 g/mol. The van der Waals surface area contributed by atoms with Crippen LogP contribution in [0.25, 0.3) is 0 Å². The Bertz CT molecular complexity index is 672. The number of fused-ring (bicyclic) bond motifs is 1. The van der Waals surface area contributed by atoms with E-state index in [-0.39, 0.29) is 5.91 Å². The third kappa shape index (κ3) is 2.70. The van der Waals surface area contributed by atoms with Gasteiger partial charge in [-0.15, -0.1) is 11.3 Å². The number of thiophene rings is 1. The molecular formula is C13H9Cl2NO3S. The van der Waals surface area contributed by atoms with E-state index < -0.39 is 0 Å². The molecule has 2 heterocycles. The molecule has 1 N–H and O–H groups in total. The zero-order valence-corrected chi connectivity index (χ0v) is 12.4. The highest BCUT2D eigenvalue weighted by Crippen LogP contribution is 2.34. The van der Waals surface area contributed by atoms with Crippen LogP contribution in [0.2, 0.25) is 8.67 Å². The lowest BCUT2D eigenvalue weighted by Gasteiger charge is -2.18. The maximum Gasteiger partial charge on any atom is 0.258 e. The van der Waals surface area contributed by atoms with Crippen LogP contribution in [0.3, 0.4) is 0 Å². The van der Waals surface area contributed by atoms with E-state index in [0.29, 0.717) is 44.6 Å². The van der Waals surface area contributed by atoms with Crippen molar-refractivity contribution in [1.82, 2.24) is 0 Å². The summed E-state index contributed by atoms with van der Waals surface area (Å²) in [6.45, 7) is 1.03. The average Bonchev–Trinajstić information content (AvgIpc) is 2.78. The number of hydrogen-bond donors (Lipinski definition) is 1. The van der Waals surface area contributed by atoms with Crippen LogP contribution in [0.5, 0.6) is 11.5 Å². The number of benzene rings is 1. The minimum atomic E-state index is -0.310. The molecule has 0 fully saturated rings. The summed E-state index contributed by atoms with van der Waals surface area (Å²) >= 11 is 12.9. The van der Waals surface area contributed by atoms with Gasteiger partial charge in [0, 0.05) is 11.8 Å². The predicted molar refractivity (Wildman–Crippen MR) is 79.7 cm³/mol. The first kappa shape index (κ1) is 13.5. The lowest BCUT2D eigenvalue weighted by molar-refractivity contribution is 0.102. The fraction of sp³-hybridized carbons (Fsp3) is 0.154. The van der Waals surface area contributed by atoms with Crippen molar-refractivity contribution >= 4 is 46.1 Å². The van der Waals surface area contributed by atoms with Crippen molar-refractivity contribution in [2.75, 3.05) is 18.5 Å². The van der Waals surface area contributed by atoms with Crippen molar-refractivity contribution in [2.45, 2.75) is 0 Å². The van der Waals surface area contributed by atoms with E-state index in [2.05, 4.69) is 5.32 Å². The van der Waals surface area contributed by atoms with Crippen LogP contribution in [0.1, 0.15) is 10.4 Å². The van der Waals surface area contributed by atoms with Crippen molar-refractivity contribution < 1.29 is 14.3 Å². The topological polar surface area (TPSA) is 47.6 Å². The fourth-order valence-electron chi connectivity index (χ4n) is 1.81. The summed E-state index contributed by atoms with van der Waals surface area (Å²) in [5.41, 5.74) is 0.967. The van der Waals surface area contributed by atoms with Crippen LogP contribution in [0, 0.1) is 0 Å². The maximum atomic E-state index is 12.1. The highest BCUT2D eigenvalue weighted by molar-refractivity contribution is 7.20. The number of carbonyl (C=O) groups excluding carboxylic acids is 1. The minimum absolute atomic E-state index is 0.310. The Hall–Kier alpha value is -1.43. The molecule has 0 aliphatic carbocycles. The largest absolute Gasteiger partial charge is 0.486 e. The first-order chi connectivity index (χ1) is 9.63. The lowest BCUT2D eigenvalue weighted by Crippen LogP contribution is -2.16. The summed E-state index contributed by atoms with van der Waals surface area (Å²) in [4.78, 5) is 12.1. The zero-order valence-electron chi connectivity index (χ0n) is 10.1. The van der Waals surface area contributed by atoms with Gasteiger partial charge < -0.3 is 14.8 Å². The molecule has 0 unspecified atom stereocenters. The number of anilines is 1. The second kappa shape index (κ2) is 5.52. The molecule has 0 saturated carbocycles. The van der Waals surface area contributed by atoms with Gasteiger partial charge in [0.05, 0.1) is 9.90 Å². The van der Waals surface area contributed by atoms with E-state index in [1.807, 2.05) is 0 Å². The number of hydrogen-bond acceptors (Lipinski definition) is 4. The Labute approximate surface area is 129 Å². The molecule has 7 heteroatoms. The van der Waals surface area contributed by atoms with Crippen LogP contribution >= 0.6 is 34.5 Å². The molecule has 0 radical (unpaired) electrons. The van der Waals surface area contributed by atoms with Crippen LogP contribution in [0.4, 0.5) is 5.69 Å². The van der Waals surface area contributed by atoms with Gasteiger partial charge in [-0.05, 0) is 18.2 Å². The van der Waals surface area contributed by atoms with Crippen LogP contribution in [-0.2, 0) is 0 Å². The molecule has 2 aromatic rings. The van der Waals surface area contributed by atoms with Gasteiger partial charge in [0.2, 0.25) is 0 Å². The highest BCUT2D eigenvalue weighted by atomic mass is 35.5. The molecular weight excluding hydrogens is 321 g/mol. The number of rotatable bonds is 2. The molecule has 1 aliphatic rings. The summed E-state index contributed by atoms with van der Waals surface area (Å²) in [5.74, 6) is 0.976. The lowest BCUT2D eigenvalue weighted by atomic mass is 10.2. The molecule has 0 atom stereocenters. The van der Waals surface area contributed by atoms with Crippen LogP contribution in [-0.4, -0.2) is 19.1 Å². The Morgan fingerprint density at radius 2 is 1.90 bits per heavy atom. The van der Waals surface area contributed by atoms with E-state index in [4.69, 9.17) is 32.7 Å². The molecule has 104 valence electrons. The van der Waals surface area contributed by atoms with Crippen LogP contribution in [0.15, 0.2) is 24.3 Å². The molecule has 0 bridgehead atoms. The third-order valence-electron chi connectivity index (χ3n) is 2.70. The first-order valence-electron chi connectivity index (χ1n) is 5.79. The van der Waals surface area contributed by atoms with Crippen molar-refractivity contribution in [3.05, 3.63) is 38.5 Å². The summed E-state index contributed by atoms with van der Waals surface area (Å²) < 4.78 is 11.7. The molecule has 4 nitrogen and oxygen atoms in total. The van der Waals surface area contributed by atoms with E-state index in [1.54, 1.807) is 24.3 Å². The van der Waals surface area contributed by atoms with E-state index in [0.717, 1.165) is 11.3 Å². The van der Waals surface area contributed by atoms with E-state index >= 15 is 0 Å². The summed E-state index contributed by atoms with van der Waals surface area (Å²) in [6, 6.07) is 6.76. The van der Waals surface area contributed by atoms with Gasteiger partial charge in [0.15, 0.2) is 11.5 Å². The molecule has 0 spiro atoms. The smallest absolute Gasteiger partial charge is 0.258 e. The molecule has 1 amide bonds. The number of ether oxygens (including phenoxy) is 2. The average molecular weight is 330 g/mol. The SMILES string of the molecule is O=C(Nc1ccc2c(c1)OCCO2)c1cc(Cl)sc1Cl. The normalized spacial score (nSPS) is 13.1. The molecule has 20 heavy (non-hydrogen) atoms. The van der Waals surface area contributed by atoms with Crippen molar-refractivity contribution in [3.63, 3.8) is 0 Å². The van der Waals surface area contributed by atoms with Gasteiger partial charge in [-0.25, -0.2) is 0 Å². The molecule has 3 rings (SSSR count). The number of carbonyl (C=O) groups is 1. The van der Waals surface area contributed by atoms with Gasteiger partial charge in [0.25, 0.3) is 5.91 Å². The Morgan fingerprint density at radius 3 is 2.60 bits per heavy atom. The predicted octanol–water partition coefficient (Wildman–Crippen LogP) is 4.08. The standard InChI is InChI=1S/C13H9Cl2NO3S/c14-11-6-8(12(15)20-11)13(17)16-7-1-2-9-10(5-7)19-4-3-18-9/h1-2,5-6H,3-4H2,(H,16,17). The van der Waals surface area contributed by atoms with Gasteiger partial charge >= 0.3 is 0 Å². The third-order valence-corrected chi connectivity index (χ3v) is 4.19. The second-order valence-electron chi connectivity index (χ2n) is 4.05. The van der Waals surface area contributed by atoms with E-state index in [1.165, 1.54) is 0 Å². The number of nitrogens with one attached hydrogen (secondary N) is 1. The summed E-state index contributed by atoms with van der Waals surface area (Å²) in [5, 5.41) is 2.75. The summed E-state index contributed by atoms with van der Waals surface area (Å²) in [7, 11) is 0. The Balaban J connectivity index is 1.81. The van der Waals surface area contributed by atoms with Gasteiger partial charge in [-0.2, -0.15) is 0 Å². The number of halogens is 2. The zero-order chi connectivity index (χ0) is 14.1. The van der Waals surface area contributed by atoms with Gasteiger partial charge in [-0.1, -0.05) is 23.2 Å². The van der Waals surface area contributed by atoms with Crippen LogP contribution < -0.4 is 14.8 Å². The van der Waals surface area contributed by atoms with Crippen molar-refractivity contribution in [1.29, 1.82) is 0 Å². The fourth-order valence-corrected chi connectivity index (χ4v) is 3.27.